The van der Waals surface area contributed by atoms with E-state index in [1.54, 1.807) is 25.2 Å². The first-order valence-electron chi connectivity index (χ1n) is 17.8. The van der Waals surface area contributed by atoms with Crippen molar-refractivity contribution in [2.24, 2.45) is 23.7 Å². The second kappa shape index (κ2) is 19.8. The van der Waals surface area contributed by atoms with Crippen LogP contribution in [0.2, 0.25) is 0 Å². The highest BCUT2D eigenvalue weighted by Gasteiger charge is 2.45. The average Bonchev–Trinajstić information content (AvgIpc) is 3.06. The van der Waals surface area contributed by atoms with Crippen LogP contribution in [0.15, 0.2) is 36.5 Å². The molecule has 0 saturated carbocycles. The number of carbonyl (C=O) groups is 1. The number of nitrogens with zero attached hydrogens (tertiary/aromatic N) is 1. The molecule has 12 heteroatoms. The minimum Gasteiger partial charge on any atom is -0.459 e. The molecule has 0 amide bonds. The van der Waals surface area contributed by atoms with Gasteiger partial charge in [-0.05, 0) is 59.0 Å². The van der Waals surface area contributed by atoms with Gasteiger partial charge in [0.2, 0.25) is 0 Å². The number of hydrogen-bond donors (Lipinski definition) is 3. The van der Waals surface area contributed by atoms with E-state index in [9.17, 15) is 20.1 Å². The fraction of sp³-hybridized carbons (Fsp3) is 0.811. The van der Waals surface area contributed by atoms with E-state index in [1.165, 1.54) is 20.3 Å². The summed E-state index contributed by atoms with van der Waals surface area (Å²) < 4.78 is 41.9. The zero-order valence-electron chi connectivity index (χ0n) is 31.1. The number of rotatable bonds is 9. The smallest absolute Gasteiger partial charge is 0.330 e. The lowest BCUT2D eigenvalue weighted by atomic mass is 9.84. The van der Waals surface area contributed by atoms with Gasteiger partial charge in [-0.25, -0.2) is 4.79 Å². The number of aliphatic hydroxyl groups excluding tert-OH is 3. The van der Waals surface area contributed by atoms with E-state index >= 15 is 0 Å². The van der Waals surface area contributed by atoms with Crippen molar-refractivity contribution in [2.75, 3.05) is 34.9 Å². The third-order valence-electron chi connectivity index (χ3n) is 10.2. The molecule has 0 aromatic rings. The lowest BCUT2D eigenvalue weighted by molar-refractivity contribution is -0.304. The quantitative estimate of drug-likeness (QED) is 0.304. The number of cyclic esters (lactones) is 1. The van der Waals surface area contributed by atoms with E-state index in [-0.39, 0.29) is 42.4 Å². The minimum atomic E-state index is -0.887. The Morgan fingerprint density at radius 3 is 2.14 bits per heavy atom. The van der Waals surface area contributed by atoms with E-state index in [2.05, 4.69) is 6.92 Å². The van der Waals surface area contributed by atoms with Crippen LogP contribution in [0.5, 0.6) is 0 Å². The van der Waals surface area contributed by atoms with Gasteiger partial charge < -0.3 is 53.4 Å². The highest BCUT2D eigenvalue weighted by Crippen LogP contribution is 2.32. The van der Waals surface area contributed by atoms with Gasteiger partial charge in [0.1, 0.15) is 30.5 Å². The standard InChI is InChI=1S/C37H63NO11/c1-11-29-26(20-45-37-35(44-10)34(43-9)31(41)25(6)47-37)14-12-13-15-28(39)22(3)18-23(4)33(21(2)16-17-30(40)48-29)49-36-32(42)27(38(7)8)19-24(5)46-36/h12-17,21-29,31-37,39,41-42H,11,18-20H2,1-10H3/b14-12+,15-13+,17-16+/t21-,22+,23-,24?,25?,26+,27?,28?,29+,31?,32?,33+,34?,35?,36?,37?/m0/s1. The maximum absolute atomic E-state index is 13.3. The first kappa shape index (κ1) is 41.7. The van der Waals surface area contributed by atoms with Gasteiger partial charge in [-0.15, -0.1) is 0 Å². The summed E-state index contributed by atoms with van der Waals surface area (Å²) in [6.07, 6.45) is 5.23. The van der Waals surface area contributed by atoms with Crippen LogP contribution in [0.1, 0.15) is 60.8 Å². The van der Waals surface area contributed by atoms with Gasteiger partial charge in [-0.3, -0.25) is 0 Å². The Labute approximate surface area is 293 Å². The van der Waals surface area contributed by atoms with E-state index in [0.717, 1.165) is 0 Å². The third kappa shape index (κ3) is 11.4. The highest BCUT2D eigenvalue weighted by atomic mass is 16.7. The van der Waals surface area contributed by atoms with Gasteiger partial charge in [-0.1, -0.05) is 58.1 Å². The normalized spacial score (nSPS) is 45.1. The van der Waals surface area contributed by atoms with Crippen molar-refractivity contribution in [3.8, 4) is 0 Å². The Morgan fingerprint density at radius 2 is 1.51 bits per heavy atom. The van der Waals surface area contributed by atoms with Crippen LogP contribution in [0, 0.1) is 23.7 Å². The van der Waals surface area contributed by atoms with Gasteiger partial charge in [0.25, 0.3) is 0 Å². The molecule has 0 aromatic heterocycles. The summed E-state index contributed by atoms with van der Waals surface area (Å²) in [7, 11) is 6.88. The molecule has 3 aliphatic heterocycles. The first-order valence-corrected chi connectivity index (χ1v) is 17.8. The molecule has 2 fully saturated rings. The molecule has 16 atom stereocenters. The number of likely N-dealkylation sites (N-methyl/N-ethyl adjacent to an activating group) is 1. The van der Waals surface area contributed by atoms with Gasteiger partial charge in [-0.2, -0.15) is 0 Å². The summed E-state index contributed by atoms with van der Waals surface area (Å²) in [5, 5.41) is 32.8. The monoisotopic (exact) mass is 697 g/mol. The van der Waals surface area contributed by atoms with Crippen LogP contribution in [-0.4, -0.2) is 135 Å². The lowest BCUT2D eigenvalue weighted by Crippen LogP contribution is -2.59. The summed E-state index contributed by atoms with van der Waals surface area (Å²) in [6.45, 7) is 11.8. The molecule has 10 unspecified atom stereocenters. The van der Waals surface area contributed by atoms with Crippen molar-refractivity contribution in [3.63, 3.8) is 0 Å². The number of carbonyl (C=O) groups excluding carboxylic acids is 1. The maximum atomic E-state index is 13.3. The van der Waals surface area contributed by atoms with Crippen LogP contribution >= 0.6 is 0 Å². The Hall–Kier alpha value is -1.71. The zero-order chi connectivity index (χ0) is 36.4. The molecule has 12 nitrogen and oxygen atoms in total. The molecule has 49 heavy (non-hydrogen) atoms. The summed E-state index contributed by atoms with van der Waals surface area (Å²) >= 11 is 0. The van der Waals surface area contributed by atoms with Crippen molar-refractivity contribution in [3.05, 3.63) is 36.5 Å². The molecule has 0 radical (unpaired) electrons. The van der Waals surface area contributed by atoms with E-state index < -0.39 is 67.4 Å². The highest BCUT2D eigenvalue weighted by molar-refractivity contribution is 5.82. The maximum Gasteiger partial charge on any atom is 0.330 e. The van der Waals surface area contributed by atoms with Crippen molar-refractivity contribution >= 4 is 5.97 Å². The van der Waals surface area contributed by atoms with Gasteiger partial charge in [0.15, 0.2) is 12.6 Å². The molecule has 3 rings (SSSR count). The Morgan fingerprint density at radius 1 is 0.837 bits per heavy atom. The van der Waals surface area contributed by atoms with Crippen LogP contribution in [0.25, 0.3) is 0 Å². The number of methoxy groups -OCH3 is 2. The molecular weight excluding hydrogens is 634 g/mol. The van der Waals surface area contributed by atoms with Crippen LogP contribution in [-0.2, 0) is 38.0 Å². The summed E-state index contributed by atoms with van der Waals surface area (Å²) in [4.78, 5) is 15.3. The van der Waals surface area contributed by atoms with E-state index in [4.69, 9.17) is 33.2 Å². The second-order valence-corrected chi connectivity index (χ2v) is 14.3. The number of aliphatic hydroxyl groups is 3. The molecule has 0 bridgehead atoms. The first-order chi connectivity index (χ1) is 23.2. The number of ether oxygens (including phenoxy) is 7. The Balaban J connectivity index is 1.85. The Kier molecular flexibility index (Phi) is 16.8. The number of esters is 1. The molecule has 3 aliphatic rings. The topological polar surface area (TPSA) is 146 Å². The molecule has 282 valence electrons. The van der Waals surface area contributed by atoms with Gasteiger partial charge >= 0.3 is 5.97 Å². The minimum absolute atomic E-state index is 0.0487. The average molecular weight is 698 g/mol. The van der Waals surface area contributed by atoms with Crippen molar-refractivity contribution in [1.29, 1.82) is 0 Å². The summed E-state index contributed by atoms with van der Waals surface area (Å²) in [5.74, 6) is -1.27. The molecular formula is C37H63NO11. The molecule has 2 saturated heterocycles. The Bertz CT molecular complexity index is 1080. The predicted molar refractivity (Wildman–Crippen MR) is 184 cm³/mol. The zero-order valence-corrected chi connectivity index (χ0v) is 31.1. The van der Waals surface area contributed by atoms with Crippen LogP contribution in [0.3, 0.4) is 0 Å². The third-order valence-corrected chi connectivity index (χ3v) is 10.2. The van der Waals surface area contributed by atoms with Crippen LogP contribution < -0.4 is 0 Å². The summed E-state index contributed by atoms with van der Waals surface area (Å²) in [5.41, 5.74) is 0. The molecule has 3 N–H and O–H groups in total. The predicted octanol–water partition coefficient (Wildman–Crippen LogP) is 3.23. The molecule has 3 heterocycles. The van der Waals surface area contributed by atoms with Crippen molar-refractivity contribution in [2.45, 2.75) is 134 Å². The summed E-state index contributed by atoms with van der Waals surface area (Å²) in [6, 6.07) is -0.126. The van der Waals surface area contributed by atoms with E-state index in [1.807, 2.05) is 58.8 Å². The molecule has 0 aromatic carbocycles. The number of hydrogen-bond acceptors (Lipinski definition) is 12. The fourth-order valence-corrected chi connectivity index (χ4v) is 7.15. The van der Waals surface area contributed by atoms with Crippen molar-refractivity contribution < 1.29 is 53.3 Å². The number of allylic oxidation sites excluding steroid dienone is 2. The lowest BCUT2D eigenvalue weighted by Gasteiger charge is -2.43. The van der Waals surface area contributed by atoms with Crippen LogP contribution in [0.4, 0.5) is 0 Å². The molecule has 0 aliphatic carbocycles. The van der Waals surface area contributed by atoms with Gasteiger partial charge in [0, 0.05) is 38.2 Å². The second-order valence-electron chi connectivity index (χ2n) is 14.3. The van der Waals surface area contributed by atoms with Gasteiger partial charge in [0.05, 0.1) is 31.0 Å². The largest absolute Gasteiger partial charge is 0.459 e. The van der Waals surface area contributed by atoms with E-state index in [0.29, 0.717) is 19.3 Å². The van der Waals surface area contributed by atoms with Crippen molar-refractivity contribution in [1.82, 2.24) is 4.90 Å². The fourth-order valence-electron chi connectivity index (χ4n) is 7.15. The molecule has 0 spiro atoms. The SMILES string of the molecule is CC[C@H]1OC(=O)/C=C/[C@H](C)[C@@H](OC2OC(C)CC(N(C)C)C2O)[C@@H](C)C[C@@H](C)C(O)/C=C/C=C/[C@@H]1COC1OC(C)C(O)C(OC)C1OC.